The number of pyridine rings is 1. The van der Waals surface area contributed by atoms with Gasteiger partial charge in [-0.2, -0.15) is 0 Å². The highest BCUT2D eigenvalue weighted by atomic mass is 127. The van der Waals surface area contributed by atoms with Gasteiger partial charge in [-0.05, 0) is 5.56 Å². The van der Waals surface area contributed by atoms with Crippen LogP contribution in [0.4, 0.5) is 0 Å². The Balaban J connectivity index is 0.00000112. The van der Waals surface area contributed by atoms with E-state index >= 15 is 0 Å². The largest absolute Gasteiger partial charge is 0.205 e. The van der Waals surface area contributed by atoms with E-state index in [1.807, 2.05) is 0 Å². The summed E-state index contributed by atoms with van der Waals surface area (Å²) in [5.74, 6) is 0. The standard InChI is InChI=1S/C13H14N.HI/c1-14-10-6-5-9-13(14)11-12-7-3-2-4-8-12;/h2-10H,11H2,1H3;1H/q+1;. The summed E-state index contributed by atoms with van der Waals surface area (Å²) >= 11 is 0. The van der Waals surface area contributed by atoms with Crippen LogP contribution in [0.15, 0.2) is 54.7 Å². The minimum atomic E-state index is 0. The van der Waals surface area contributed by atoms with Crippen molar-refractivity contribution >= 4 is 24.0 Å². The predicted molar refractivity (Wildman–Crippen MR) is 72.3 cm³/mol. The molecule has 0 aliphatic rings. The SMILES string of the molecule is C[n+]1ccccc1Cc1ccccc1.I. The van der Waals surface area contributed by atoms with Crippen LogP contribution in [0.3, 0.4) is 0 Å². The molecule has 2 rings (SSSR count). The lowest BCUT2D eigenvalue weighted by Crippen LogP contribution is -2.32. The van der Waals surface area contributed by atoms with E-state index in [4.69, 9.17) is 0 Å². The third-order valence-corrected chi connectivity index (χ3v) is 2.39. The van der Waals surface area contributed by atoms with Crippen LogP contribution in [0.5, 0.6) is 0 Å². The molecule has 15 heavy (non-hydrogen) atoms. The van der Waals surface area contributed by atoms with Crippen LogP contribution in [0.25, 0.3) is 0 Å². The van der Waals surface area contributed by atoms with E-state index in [1.165, 1.54) is 11.3 Å². The number of halogens is 1. The molecular weight excluding hydrogens is 297 g/mol. The van der Waals surface area contributed by atoms with Crippen molar-refractivity contribution in [1.82, 2.24) is 0 Å². The molecule has 78 valence electrons. The van der Waals surface area contributed by atoms with E-state index in [-0.39, 0.29) is 24.0 Å². The van der Waals surface area contributed by atoms with Crippen molar-refractivity contribution in [2.45, 2.75) is 6.42 Å². The summed E-state index contributed by atoms with van der Waals surface area (Å²) < 4.78 is 2.16. The van der Waals surface area contributed by atoms with E-state index in [0.29, 0.717) is 0 Å². The number of aromatic nitrogens is 1. The first kappa shape index (κ1) is 12.2. The van der Waals surface area contributed by atoms with Gasteiger partial charge < -0.3 is 0 Å². The molecule has 0 spiro atoms. The van der Waals surface area contributed by atoms with E-state index < -0.39 is 0 Å². The van der Waals surface area contributed by atoms with Gasteiger partial charge in [-0.25, -0.2) is 4.57 Å². The van der Waals surface area contributed by atoms with Crippen molar-refractivity contribution in [3.05, 3.63) is 66.0 Å². The molecule has 0 bridgehead atoms. The van der Waals surface area contributed by atoms with Gasteiger partial charge in [0.2, 0.25) is 0 Å². The van der Waals surface area contributed by atoms with E-state index in [9.17, 15) is 0 Å². The molecule has 2 aromatic rings. The summed E-state index contributed by atoms with van der Waals surface area (Å²) in [6.45, 7) is 0. The zero-order valence-corrected chi connectivity index (χ0v) is 11.1. The fourth-order valence-corrected chi connectivity index (χ4v) is 1.55. The molecule has 0 unspecified atom stereocenters. The monoisotopic (exact) mass is 312 g/mol. The smallest absolute Gasteiger partial charge is 0.185 e. The van der Waals surface area contributed by atoms with E-state index in [1.54, 1.807) is 0 Å². The van der Waals surface area contributed by atoms with E-state index in [2.05, 4.69) is 66.3 Å². The maximum atomic E-state index is 2.16. The lowest BCUT2D eigenvalue weighted by Gasteiger charge is -1.99. The highest BCUT2D eigenvalue weighted by Gasteiger charge is 2.04. The molecule has 0 N–H and O–H groups in total. The zero-order chi connectivity index (χ0) is 9.80. The molecule has 0 amide bonds. The van der Waals surface area contributed by atoms with Crippen molar-refractivity contribution in [2.24, 2.45) is 7.05 Å². The van der Waals surface area contributed by atoms with Crippen LogP contribution in [-0.2, 0) is 13.5 Å². The second kappa shape index (κ2) is 5.85. The lowest BCUT2D eigenvalue weighted by atomic mass is 10.1. The molecule has 0 radical (unpaired) electrons. The second-order valence-corrected chi connectivity index (χ2v) is 3.47. The van der Waals surface area contributed by atoms with Gasteiger partial charge in [-0.1, -0.05) is 36.4 Å². The van der Waals surface area contributed by atoms with Crippen LogP contribution >= 0.6 is 24.0 Å². The first-order chi connectivity index (χ1) is 6.86. The quantitative estimate of drug-likeness (QED) is 0.593. The van der Waals surface area contributed by atoms with Crippen molar-refractivity contribution in [1.29, 1.82) is 0 Å². The Labute approximate surface area is 108 Å². The minimum absolute atomic E-state index is 0. The number of nitrogens with zero attached hydrogens (tertiary/aromatic N) is 1. The molecule has 0 saturated heterocycles. The molecule has 0 aliphatic heterocycles. The van der Waals surface area contributed by atoms with Gasteiger partial charge in [0.25, 0.3) is 0 Å². The normalized spacial score (nSPS) is 9.40. The third-order valence-electron chi connectivity index (χ3n) is 2.39. The summed E-state index contributed by atoms with van der Waals surface area (Å²) in [7, 11) is 2.08. The highest BCUT2D eigenvalue weighted by molar-refractivity contribution is 14.0. The van der Waals surface area contributed by atoms with Gasteiger partial charge in [-0.15, -0.1) is 24.0 Å². The Morgan fingerprint density at radius 3 is 2.27 bits per heavy atom. The first-order valence-corrected chi connectivity index (χ1v) is 4.84. The average molecular weight is 312 g/mol. The van der Waals surface area contributed by atoms with Crippen LogP contribution in [0.2, 0.25) is 0 Å². The van der Waals surface area contributed by atoms with E-state index in [0.717, 1.165) is 6.42 Å². The van der Waals surface area contributed by atoms with Crippen molar-refractivity contribution in [2.75, 3.05) is 0 Å². The van der Waals surface area contributed by atoms with Gasteiger partial charge in [0.1, 0.15) is 7.05 Å². The Morgan fingerprint density at radius 2 is 1.60 bits per heavy atom. The Morgan fingerprint density at radius 1 is 0.933 bits per heavy atom. The Kier molecular flexibility index (Phi) is 4.75. The van der Waals surface area contributed by atoms with Gasteiger partial charge in [-0.3, -0.25) is 0 Å². The predicted octanol–water partition coefficient (Wildman–Crippen LogP) is 2.72. The van der Waals surface area contributed by atoms with Crippen LogP contribution < -0.4 is 4.57 Å². The fraction of sp³-hybridized carbons (Fsp3) is 0.154. The Bertz CT molecular complexity index is 412. The van der Waals surface area contributed by atoms with Crippen LogP contribution in [0, 0.1) is 0 Å². The summed E-state index contributed by atoms with van der Waals surface area (Å²) in [5.41, 5.74) is 2.69. The number of hydrogen-bond acceptors (Lipinski definition) is 0. The third kappa shape index (κ3) is 3.30. The molecular formula is C13H15IN+. The number of benzene rings is 1. The molecule has 0 atom stereocenters. The average Bonchev–Trinajstić information content (AvgIpc) is 2.23. The Hall–Kier alpha value is -0.900. The van der Waals surface area contributed by atoms with Crippen molar-refractivity contribution in [3.63, 3.8) is 0 Å². The molecule has 0 aliphatic carbocycles. The number of aryl methyl sites for hydroxylation is 1. The summed E-state index contributed by atoms with van der Waals surface area (Å²) in [4.78, 5) is 0. The highest BCUT2D eigenvalue weighted by Crippen LogP contribution is 2.04. The van der Waals surface area contributed by atoms with Gasteiger partial charge in [0.05, 0.1) is 6.42 Å². The number of rotatable bonds is 2. The van der Waals surface area contributed by atoms with Gasteiger partial charge in [0, 0.05) is 12.1 Å². The van der Waals surface area contributed by atoms with Crippen LogP contribution in [-0.4, -0.2) is 0 Å². The van der Waals surface area contributed by atoms with Crippen molar-refractivity contribution < 1.29 is 4.57 Å². The zero-order valence-electron chi connectivity index (χ0n) is 8.76. The molecule has 1 nitrogen and oxygen atoms in total. The molecule has 0 fully saturated rings. The number of hydrogen-bond donors (Lipinski definition) is 0. The fourth-order valence-electron chi connectivity index (χ4n) is 1.55. The molecule has 1 heterocycles. The second-order valence-electron chi connectivity index (χ2n) is 3.47. The summed E-state index contributed by atoms with van der Waals surface area (Å²) in [5, 5.41) is 0. The first-order valence-electron chi connectivity index (χ1n) is 4.84. The van der Waals surface area contributed by atoms with Crippen LogP contribution in [0.1, 0.15) is 11.3 Å². The molecule has 1 aromatic carbocycles. The van der Waals surface area contributed by atoms with Crippen molar-refractivity contribution in [3.8, 4) is 0 Å². The molecule has 0 saturated carbocycles. The lowest BCUT2D eigenvalue weighted by molar-refractivity contribution is -0.678. The minimum Gasteiger partial charge on any atom is -0.205 e. The maximum Gasteiger partial charge on any atom is 0.185 e. The van der Waals surface area contributed by atoms with Gasteiger partial charge >= 0.3 is 0 Å². The van der Waals surface area contributed by atoms with Gasteiger partial charge in [0.15, 0.2) is 11.9 Å². The summed E-state index contributed by atoms with van der Waals surface area (Å²) in [6.07, 6.45) is 3.08. The summed E-state index contributed by atoms with van der Waals surface area (Å²) in [6, 6.07) is 16.8. The maximum absolute atomic E-state index is 2.16. The molecule has 1 aromatic heterocycles. The molecule has 2 heteroatoms. The topological polar surface area (TPSA) is 3.88 Å².